The molecular weight excluding hydrogens is 365 g/mol. The summed E-state index contributed by atoms with van der Waals surface area (Å²) in [5.41, 5.74) is -0.420. The summed E-state index contributed by atoms with van der Waals surface area (Å²) in [5.74, 6) is -0.949. The Morgan fingerprint density at radius 3 is 3.07 bits per heavy atom. The third kappa shape index (κ3) is 3.98. The molecule has 1 amide bonds. The Hall–Kier alpha value is -2.58. The van der Waals surface area contributed by atoms with Gasteiger partial charge >= 0.3 is 0 Å². The van der Waals surface area contributed by atoms with Crippen LogP contribution >= 0.6 is 0 Å². The molecule has 148 valence electrons. The van der Waals surface area contributed by atoms with Crippen molar-refractivity contribution in [2.75, 3.05) is 26.3 Å². The first-order valence-electron chi connectivity index (χ1n) is 9.37. The maximum Gasteiger partial charge on any atom is 0.254 e. The molecular formula is C20H22FN3O4. The van der Waals surface area contributed by atoms with Gasteiger partial charge in [0.2, 0.25) is 5.95 Å². The first kappa shape index (κ1) is 18.8. The van der Waals surface area contributed by atoms with Gasteiger partial charge in [-0.05, 0) is 25.0 Å². The lowest BCUT2D eigenvalue weighted by Crippen LogP contribution is -2.47. The molecule has 2 fully saturated rings. The summed E-state index contributed by atoms with van der Waals surface area (Å²) in [4.78, 5) is 29.9. The lowest BCUT2D eigenvalue weighted by molar-refractivity contribution is -0.0876. The molecule has 2 saturated heterocycles. The molecule has 0 bridgehead atoms. The molecule has 0 unspecified atom stereocenters. The van der Waals surface area contributed by atoms with Crippen LogP contribution in [0.5, 0.6) is 0 Å². The zero-order chi connectivity index (χ0) is 19.6. The van der Waals surface area contributed by atoms with Crippen LogP contribution in [0, 0.1) is 5.95 Å². The number of rotatable bonds is 3. The van der Waals surface area contributed by atoms with E-state index in [-0.39, 0.29) is 23.1 Å². The first-order chi connectivity index (χ1) is 13.5. The Bertz CT molecular complexity index is 918. The van der Waals surface area contributed by atoms with Crippen LogP contribution in [0.2, 0.25) is 0 Å². The van der Waals surface area contributed by atoms with Gasteiger partial charge in [0.1, 0.15) is 5.60 Å². The summed E-state index contributed by atoms with van der Waals surface area (Å²) in [6.45, 7) is 2.03. The lowest BCUT2D eigenvalue weighted by atomic mass is 9.99. The fourth-order valence-corrected chi connectivity index (χ4v) is 3.87. The minimum atomic E-state index is -0.683. The van der Waals surface area contributed by atoms with Crippen LogP contribution in [-0.2, 0) is 16.0 Å². The average Bonchev–Trinajstić information content (AvgIpc) is 2.95. The third-order valence-corrected chi connectivity index (χ3v) is 5.25. The largest absolute Gasteiger partial charge is 0.377 e. The molecule has 2 aliphatic rings. The predicted octanol–water partition coefficient (Wildman–Crippen LogP) is 1.47. The van der Waals surface area contributed by atoms with Crippen LogP contribution in [0.3, 0.4) is 0 Å². The summed E-state index contributed by atoms with van der Waals surface area (Å²) in [6, 6.07) is 7.69. The van der Waals surface area contributed by atoms with Gasteiger partial charge in [0, 0.05) is 36.6 Å². The van der Waals surface area contributed by atoms with E-state index < -0.39 is 11.5 Å². The third-order valence-electron chi connectivity index (χ3n) is 5.25. The van der Waals surface area contributed by atoms with Crippen molar-refractivity contribution >= 4 is 5.91 Å². The molecule has 2 aliphatic heterocycles. The molecule has 4 heterocycles. The molecule has 2 aromatic heterocycles. The zero-order valence-electron chi connectivity index (χ0n) is 15.4. The van der Waals surface area contributed by atoms with E-state index in [4.69, 9.17) is 9.47 Å². The molecule has 0 radical (unpaired) electrons. The highest BCUT2D eigenvalue weighted by molar-refractivity contribution is 5.94. The van der Waals surface area contributed by atoms with Gasteiger partial charge in [-0.2, -0.15) is 4.39 Å². The minimum absolute atomic E-state index is 0.0688. The van der Waals surface area contributed by atoms with Crippen molar-refractivity contribution in [3.63, 3.8) is 0 Å². The van der Waals surface area contributed by atoms with Crippen molar-refractivity contribution < 1.29 is 18.7 Å². The van der Waals surface area contributed by atoms with E-state index in [1.54, 1.807) is 21.7 Å². The maximum absolute atomic E-state index is 13.4. The molecule has 0 saturated carbocycles. The standard InChI is InChI=1S/C20H22FN3O4/c21-17-11-15(5-7-22-17)19(26)24-9-10-27-14-20(13-24)6-4-16(28-20)12-23-8-2-1-3-18(23)25/h1-3,5,7-8,11,16H,4,6,9-10,12-14H2/t16-,20+/m1/s1. The number of aromatic nitrogens is 2. The van der Waals surface area contributed by atoms with Gasteiger partial charge in [-0.1, -0.05) is 6.07 Å². The quantitative estimate of drug-likeness (QED) is 0.746. The Morgan fingerprint density at radius 1 is 1.36 bits per heavy atom. The second-order valence-corrected chi connectivity index (χ2v) is 7.30. The Labute approximate surface area is 161 Å². The van der Waals surface area contributed by atoms with Crippen molar-refractivity contribution in [1.82, 2.24) is 14.5 Å². The van der Waals surface area contributed by atoms with Crippen LogP contribution in [0.1, 0.15) is 23.2 Å². The SMILES string of the molecule is O=C(c1ccnc(F)c1)N1CCOC[C@]2(CC[C@H](Cn3ccccc3=O)O2)C1. The molecule has 2 aromatic rings. The van der Waals surface area contributed by atoms with Crippen molar-refractivity contribution in [3.8, 4) is 0 Å². The van der Waals surface area contributed by atoms with Crippen LogP contribution in [0.15, 0.2) is 47.5 Å². The van der Waals surface area contributed by atoms with Crippen molar-refractivity contribution in [2.24, 2.45) is 0 Å². The van der Waals surface area contributed by atoms with E-state index in [0.717, 1.165) is 18.9 Å². The van der Waals surface area contributed by atoms with Crippen molar-refractivity contribution in [3.05, 3.63) is 64.6 Å². The van der Waals surface area contributed by atoms with Gasteiger partial charge in [0.25, 0.3) is 11.5 Å². The van der Waals surface area contributed by atoms with Gasteiger partial charge in [0.05, 0.1) is 32.4 Å². The summed E-state index contributed by atoms with van der Waals surface area (Å²) in [5, 5.41) is 0. The number of nitrogens with zero attached hydrogens (tertiary/aromatic N) is 3. The zero-order valence-corrected chi connectivity index (χ0v) is 15.4. The molecule has 0 N–H and O–H groups in total. The Morgan fingerprint density at radius 2 is 2.25 bits per heavy atom. The van der Waals surface area contributed by atoms with Gasteiger partial charge < -0.3 is 18.9 Å². The minimum Gasteiger partial charge on any atom is -0.377 e. The van der Waals surface area contributed by atoms with E-state index in [1.165, 1.54) is 18.3 Å². The van der Waals surface area contributed by atoms with Gasteiger partial charge in [-0.25, -0.2) is 4.98 Å². The first-order valence-corrected chi connectivity index (χ1v) is 9.37. The number of carbonyl (C=O) groups is 1. The van der Waals surface area contributed by atoms with Crippen LogP contribution in [0.4, 0.5) is 4.39 Å². The van der Waals surface area contributed by atoms with Crippen LogP contribution in [0.25, 0.3) is 0 Å². The number of hydrogen-bond donors (Lipinski definition) is 0. The summed E-state index contributed by atoms with van der Waals surface area (Å²) in [6.07, 6.45) is 4.40. The van der Waals surface area contributed by atoms with E-state index in [2.05, 4.69) is 4.98 Å². The number of carbonyl (C=O) groups excluding carboxylic acids is 1. The van der Waals surface area contributed by atoms with Crippen molar-refractivity contribution in [2.45, 2.75) is 31.1 Å². The molecule has 8 heteroatoms. The highest BCUT2D eigenvalue weighted by atomic mass is 19.1. The average molecular weight is 387 g/mol. The number of halogens is 1. The van der Waals surface area contributed by atoms with E-state index in [0.29, 0.717) is 32.8 Å². The Balaban J connectivity index is 1.47. The van der Waals surface area contributed by atoms with Gasteiger partial charge in [0.15, 0.2) is 0 Å². The number of amides is 1. The highest BCUT2D eigenvalue weighted by Crippen LogP contribution is 2.34. The van der Waals surface area contributed by atoms with E-state index >= 15 is 0 Å². The van der Waals surface area contributed by atoms with E-state index in [9.17, 15) is 14.0 Å². The molecule has 2 atom stereocenters. The molecule has 0 aliphatic carbocycles. The second-order valence-electron chi connectivity index (χ2n) is 7.30. The van der Waals surface area contributed by atoms with Gasteiger partial charge in [-0.15, -0.1) is 0 Å². The van der Waals surface area contributed by atoms with E-state index in [1.807, 2.05) is 6.07 Å². The second kappa shape index (κ2) is 7.81. The predicted molar refractivity (Wildman–Crippen MR) is 98.5 cm³/mol. The summed E-state index contributed by atoms with van der Waals surface area (Å²) in [7, 11) is 0. The molecule has 28 heavy (non-hydrogen) atoms. The smallest absolute Gasteiger partial charge is 0.254 e. The number of hydrogen-bond acceptors (Lipinski definition) is 5. The number of pyridine rings is 2. The molecule has 7 nitrogen and oxygen atoms in total. The van der Waals surface area contributed by atoms with Crippen LogP contribution < -0.4 is 5.56 Å². The summed E-state index contributed by atoms with van der Waals surface area (Å²) < 4.78 is 27.1. The van der Waals surface area contributed by atoms with Gasteiger partial charge in [-0.3, -0.25) is 9.59 Å². The van der Waals surface area contributed by atoms with Crippen LogP contribution in [-0.4, -0.2) is 58.4 Å². The monoisotopic (exact) mass is 387 g/mol. The molecule has 4 rings (SSSR count). The van der Waals surface area contributed by atoms with Crippen molar-refractivity contribution in [1.29, 1.82) is 0 Å². The maximum atomic E-state index is 13.4. The number of ether oxygens (including phenoxy) is 2. The normalized spacial score (nSPS) is 25.0. The highest BCUT2D eigenvalue weighted by Gasteiger charge is 2.44. The fraction of sp³-hybridized carbons (Fsp3) is 0.450. The molecule has 1 spiro atoms. The molecule has 0 aromatic carbocycles. The lowest BCUT2D eigenvalue weighted by Gasteiger charge is -2.32. The summed E-state index contributed by atoms with van der Waals surface area (Å²) >= 11 is 0. The Kier molecular flexibility index (Phi) is 5.23. The fourth-order valence-electron chi connectivity index (χ4n) is 3.87. The topological polar surface area (TPSA) is 73.7 Å².